The van der Waals surface area contributed by atoms with Gasteiger partial charge < -0.3 is 9.80 Å². The van der Waals surface area contributed by atoms with E-state index in [-0.39, 0.29) is 5.91 Å². The minimum Gasteiger partial charge on any atom is -0.371 e. The second-order valence-corrected chi connectivity index (χ2v) is 6.00. The monoisotopic (exact) mass is 309 g/mol. The van der Waals surface area contributed by atoms with Crippen LogP contribution in [0.1, 0.15) is 36.2 Å². The molecule has 1 saturated heterocycles. The van der Waals surface area contributed by atoms with E-state index in [1.807, 2.05) is 42.5 Å². The molecule has 2 heterocycles. The fraction of sp³-hybridized carbons (Fsp3) is 0.368. The fourth-order valence-corrected chi connectivity index (χ4v) is 3.00. The Morgan fingerprint density at radius 1 is 1.04 bits per heavy atom. The van der Waals surface area contributed by atoms with E-state index in [0.29, 0.717) is 5.69 Å². The molecule has 2 aromatic rings. The number of hydrogen-bond donors (Lipinski definition) is 0. The average molecular weight is 309 g/mol. The fourth-order valence-electron chi connectivity index (χ4n) is 3.00. The molecule has 0 bridgehead atoms. The zero-order chi connectivity index (χ0) is 16.1. The largest absolute Gasteiger partial charge is 0.371 e. The summed E-state index contributed by atoms with van der Waals surface area (Å²) in [6.45, 7) is 2.12. The number of amides is 1. The lowest BCUT2D eigenvalue weighted by Crippen LogP contribution is -2.28. The van der Waals surface area contributed by atoms with Crippen LogP contribution < -0.4 is 9.80 Å². The summed E-state index contributed by atoms with van der Waals surface area (Å²) in [4.78, 5) is 21.0. The van der Waals surface area contributed by atoms with Crippen molar-refractivity contribution < 1.29 is 4.79 Å². The van der Waals surface area contributed by atoms with Crippen LogP contribution in [0.4, 0.5) is 11.4 Å². The molecule has 0 saturated carbocycles. The number of carbonyl (C=O) groups excluding carboxylic acids is 1. The third-order valence-corrected chi connectivity index (χ3v) is 4.38. The molecule has 0 unspecified atom stereocenters. The molecule has 1 aromatic heterocycles. The Morgan fingerprint density at radius 3 is 2.43 bits per heavy atom. The van der Waals surface area contributed by atoms with Crippen molar-refractivity contribution in [3.8, 4) is 0 Å². The van der Waals surface area contributed by atoms with E-state index >= 15 is 0 Å². The van der Waals surface area contributed by atoms with E-state index in [1.54, 1.807) is 18.1 Å². The van der Waals surface area contributed by atoms with E-state index in [9.17, 15) is 4.79 Å². The highest BCUT2D eigenvalue weighted by Gasteiger charge is 2.17. The molecule has 0 radical (unpaired) electrons. The summed E-state index contributed by atoms with van der Waals surface area (Å²) in [5.74, 6) is -0.0760. The first-order valence-corrected chi connectivity index (χ1v) is 8.30. The summed E-state index contributed by atoms with van der Waals surface area (Å²) in [5, 5.41) is 0. The van der Waals surface area contributed by atoms with Crippen LogP contribution in [-0.4, -0.2) is 31.0 Å². The maximum absolute atomic E-state index is 12.7. The summed E-state index contributed by atoms with van der Waals surface area (Å²) in [5.41, 5.74) is 2.48. The number of rotatable bonds is 3. The first-order valence-electron chi connectivity index (χ1n) is 8.30. The van der Waals surface area contributed by atoms with Crippen LogP contribution >= 0.6 is 0 Å². The number of hydrogen-bond acceptors (Lipinski definition) is 3. The van der Waals surface area contributed by atoms with E-state index in [2.05, 4.69) is 9.88 Å². The minimum atomic E-state index is -0.0760. The van der Waals surface area contributed by atoms with Crippen LogP contribution in [0.25, 0.3) is 0 Å². The Morgan fingerprint density at radius 2 is 1.74 bits per heavy atom. The summed E-state index contributed by atoms with van der Waals surface area (Å²) in [6.07, 6.45) is 6.77. The first-order chi connectivity index (χ1) is 11.3. The number of para-hydroxylation sites is 1. The van der Waals surface area contributed by atoms with Gasteiger partial charge in [-0.1, -0.05) is 31.0 Å². The molecule has 4 nitrogen and oxygen atoms in total. The number of nitrogens with zero attached hydrogens (tertiary/aromatic N) is 3. The Kier molecular flexibility index (Phi) is 4.91. The predicted molar refractivity (Wildman–Crippen MR) is 94.1 cm³/mol. The molecule has 23 heavy (non-hydrogen) atoms. The third kappa shape index (κ3) is 3.70. The van der Waals surface area contributed by atoms with Gasteiger partial charge in [0.2, 0.25) is 0 Å². The Labute approximate surface area is 137 Å². The number of carbonyl (C=O) groups is 1. The van der Waals surface area contributed by atoms with Gasteiger partial charge in [0.05, 0.1) is 0 Å². The molecule has 0 atom stereocenters. The minimum absolute atomic E-state index is 0.0760. The highest BCUT2D eigenvalue weighted by atomic mass is 16.2. The van der Waals surface area contributed by atoms with Gasteiger partial charge in [-0.15, -0.1) is 0 Å². The predicted octanol–water partition coefficient (Wildman–Crippen LogP) is 3.74. The molecule has 0 spiro atoms. The lowest BCUT2D eigenvalue weighted by atomic mass is 10.2. The highest BCUT2D eigenvalue weighted by Crippen LogP contribution is 2.21. The van der Waals surface area contributed by atoms with Gasteiger partial charge in [0.25, 0.3) is 5.91 Å². The molecule has 0 N–H and O–H groups in total. The SMILES string of the molecule is CN(C(=O)c1cc(N2CCCCCC2)ccn1)c1ccccc1. The number of pyridine rings is 1. The standard InChI is InChI=1S/C19H23N3O/c1-21(16-9-5-4-6-10-16)19(23)18-15-17(11-12-20-18)22-13-7-2-3-8-14-22/h4-6,9-12,15H,2-3,7-8,13-14H2,1H3. The molecule has 1 aromatic carbocycles. The smallest absolute Gasteiger partial charge is 0.276 e. The van der Waals surface area contributed by atoms with Crippen LogP contribution in [0.5, 0.6) is 0 Å². The molecule has 1 aliphatic heterocycles. The maximum Gasteiger partial charge on any atom is 0.276 e. The maximum atomic E-state index is 12.7. The molecule has 120 valence electrons. The summed E-state index contributed by atoms with van der Waals surface area (Å²) < 4.78 is 0. The molecule has 1 aliphatic rings. The van der Waals surface area contributed by atoms with Gasteiger partial charge in [0.15, 0.2) is 0 Å². The molecular formula is C19H23N3O. The molecule has 0 aliphatic carbocycles. The van der Waals surface area contributed by atoms with Crippen molar-refractivity contribution in [2.24, 2.45) is 0 Å². The number of benzene rings is 1. The van der Waals surface area contributed by atoms with Gasteiger partial charge in [0, 0.05) is 37.7 Å². The van der Waals surface area contributed by atoms with Crippen LogP contribution in [0.3, 0.4) is 0 Å². The Bertz CT molecular complexity index is 649. The lowest BCUT2D eigenvalue weighted by Gasteiger charge is -2.23. The molecule has 4 heteroatoms. The third-order valence-electron chi connectivity index (χ3n) is 4.38. The molecule has 1 amide bonds. The molecule has 3 rings (SSSR count). The highest BCUT2D eigenvalue weighted by molar-refractivity contribution is 6.04. The van der Waals surface area contributed by atoms with Gasteiger partial charge in [-0.25, -0.2) is 0 Å². The van der Waals surface area contributed by atoms with Gasteiger partial charge in [-0.05, 0) is 37.1 Å². The van der Waals surface area contributed by atoms with Gasteiger partial charge >= 0.3 is 0 Å². The summed E-state index contributed by atoms with van der Waals surface area (Å²) in [7, 11) is 1.79. The topological polar surface area (TPSA) is 36.4 Å². The van der Waals surface area contributed by atoms with Crippen molar-refractivity contribution in [1.82, 2.24) is 4.98 Å². The van der Waals surface area contributed by atoms with Crippen LogP contribution in [-0.2, 0) is 0 Å². The van der Waals surface area contributed by atoms with E-state index in [4.69, 9.17) is 0 Å². The van der Waals surface area contributed by atoms with Crippen molar-refractivity contribution in [2.45, 2.75) is 25.7 Å². The van der Waals surface area contributed by atoms with Crippen LogP contribution in [0.2, 0.25) is 0 Å². The quantitative estimate of drug-likeness (QED) is 0.866. The Balaban J connectivity index is 1.80. The zero-order valence-electron chi connectivity index (χ0n) is 13.6. The summed E-state index contributed by atoms with van der Waals surface area (Å²) in [6, 6.07) is 13.6. The number of anilines is 2. The van der Waals surface area contributed by atoms with Crippen molar-refractivity contribution in [3.05, 3.63) is 54.4 Å². The zero-order valence-corrected chi connectivity index (χ0v) is 13.6. The van der Waals surface area contributed by atoms with Crippen molar-refractivity contribution in [2.75, 3.05) is 29.9 Å². The van der Waals surface area contributed by atoms with E-state index in [1.165, 1.54) is 25.7 Å². The first kappa shape index (κ1) is 15.5. The van der Waals surface area contributed by atoms with E-state index in [0.717, 1.165) is 24.5 Å². The van der Waals surface area contributed by atoms with Gasteiger partial charge in [0.1, 0.15) is 5.69 Å². The Hall–Kier alpha value is -2.36. The second-order valence-electron chi connectivity index (χ2n) is 6.00. The van der Waals surface area contributed by atoms with Crippen molar-refractivity contribution in [3.63, 3.8) is 0 Å². The van der Waals surface area contributed by atoms with Crippen LogP contribution in [0.15, 0.2) is 48.7 Å². The van der Waals surface area contributed by atoms with Crippen LogP contribution in [0, 0.1) is 0 Å². The van der Waals surface area contributed by atoms with Gasteiger partial charge in [-0.2, -0.15) is 0 Å². The van der Waals surface area contributed by atoms with E-state index < -0.39 is 0 Å². The molecular weight excluding hydrogens is 286 g/mol. The second kappa shape index (κ2) is 7.27. The lowest BCUT2D eigenvalue weighted by molar-refractivity contribution is 0.0988. The average Bonchev–Trinajstić information content (AvgIpc) is 2.91. The summed E-state index contributed by atoms with van der Waals surface area (Å²) >= 11 is 0. The number of aromatic nitrogens is 1. The van der Waals surface area contributed by atoms with Gasteiger partial charge in [-0.3, -0.25) is 9.78 Å². The van der Waals surface area contributed by atoms with Crippen molar-refractivity contribution in [1.29, 1.82) is 0 Å². The molecule has 1 fully saturated rings. The van der Waals surface area contributed by atoms with Crippen molar-refractivity contribution >= 4 is 17.3 Å². The normalized spacial score (nSPS) is 15.1.